The molecule has 2 aromatic carbocycles. The average molecular weight is 400 g/mol. The lowest BCUT2D eigenvalue weighted by molar-refractivity contribution is -0.922. The number of hydrogen-bond donors (Lipinski definition) is 1. The van der Waals surface area contributed by atoms with Crippen LogP contribution in [-0.4, -0.2) is 57.0 Å². The number of likely N-dealkylation sites (N-methyl/N-ethyl adjacent to an activating group) is 1. The minimum Gasteiger partial charge on any atom is -0.507 e. The zero-order valence-corrected chi connectivity index (χ0v) is 17.2. The molecule has 1 atom stereocenters. The highest BCUT2D eigenvalue weighted by Gasteiger charge is 2.42. The largest absolute Gasteiger partial charge is 0.507 e. The van der Waals surface area contributed by atoms with Gasteiger partial charge in [-0.1, -0.05) is 0 Å². The predicted molar refractivity (Wildman–Crippen MR) is 106 cm³/mol. The van der Waals surface area contributed by atoms with Gasteiger partial charge in [0, 0.05) is 12.5 Å². The summed E-state index contributed by atoms with van der Waals surface area (Å²) in [5, 5.41) is 10.3. The summed E-state index contributed by atoms with van der Waals surface area (Å²) in [5.41, 5.74) is 2.38. The molecule has 29 heavy (non-hydrogen) atoms. The van der Waals surface area contributed by atoms with E-state index in [2.05, 4.69) is 14.1 Å². The molecule has 7 nitrogen and oxygen atoms in total. The third-order valence-corrected chi connectivity index (χ3v) is 5.97. The van der Waals surface area contributed by atoms with E-state index in [0.29, 0.717) is 27.5 Å². The van der Waals surface area contributed by atoms with Crippen molar-refractivity contribution in [1.29, 1.82) is 0 Å². The van der Waals surface area contributed by atoms with Crippen molar-refractivity contribution in [3.05, 3.63) is 41.0 Å². The lowest BCUT2D eigenvalue weighted by atomic mass is 9.85. The molecule has 0 bridgehead atoms. The van der Waals surface area contributed by atoms with Crippen molar-refractivity contribution in [1.82, 2.24) is 0 Å². The van der Waals surface area contributed by atoms with E-state index in [1.54, 1.807) is 19.2 Å². The van der Waals surface area contributed by atoms with Crippen molar-refractivity contribution in [2.24, 2.45) is 0 Å². The van der Waals surface area contributed by atoms with Gasteiger partial charge in [0.05, 0.1) is 52.4 Å². The molecule has 0 radical (unpaired) electrons. The molecule has 0 aliphatic carbocycles. The molecule has 2 aliphatic rings. The molecule has 2 aliphatic heterocycles. The van der Waals surface area contributed by atoms with Gasteiger partial charge in [0.1, 0.15) is 17.5 Å². The van der Waals surface area contributed by atoms with Crippen LogP contribution in [0.4, 0.5) is 0 Å². The highest BCUT2D eigenvalue weighted by molar-refractivity contribution is 5.99. The van der Waals surface area contributed by atoms with Crippen LogP contribution in [-0.2, 0) is 6.42 Å². The van der Waals surface area contributed by atoms with Crippen LogP contribution in [0, 0.1) is 0 Å². The number of carbonyl (C=O) groups is 1. The van der Waals surface area contributed by atoms with Gasteiger partial charge in [-0.3, -0.25) is 4.79 Å². The Morgan fingerprint density at radius 1 is 1.21 bits per heavy atom. The lowest BCUT2D eigenvalue weighted by Gasteiger charge is -2.43. The van der Waals surface area contributed by atoms with Crippen LogP contribution in [0.3, 0.4) is 0 Å². The van der Waals surface area contributed by atoms with Crippen molar-refractivity contribution >= 4 is 5.78 Å². The minimum absolute atomic E-state index is 0.0756. The van der Waals surface area contributed by atoms with Gasteiger partial charge < -0.3 is 28.5 Å². The first kappa shape index (κ1) is 19.4. The van der Waals surface area contributed by atoms with E-state index >= 15 is 0 Å². The summed E-state index contributed by atoms with van der Waals surface area (Å²) < 4.78 is 22.7. The molecular formula is C22H26NO6+. The number of rotatable bonds is 5. The highest BCUT2D eigenvalue weighted by Crippen LogP contribution is 2.51. The van der Waals surface area contributed by atoms with Gasteiger partial charge >= 0.3 is 0 Å². The van der Waals surface area contributed by atoms with Gasteiger partial charge in [-0.15, -0.1) is 0 Å². The summed E-state index contributed by atoms with van der Waals surface area (Å²) in [4.78, 5) is 13.2. The van der Waals surface area contributed by atoms with Crippen LogP contribution in [0.25, 0.3) is 0 Å². The molecule has 1 N–H and O–H groups in total. The van der Waals surface area contributed by atoms with Gasteiger partial charge in [-0.05, 0) is 23.8 Å². The zero-order chi connectivity index (χ0) is 20.8. The Kier molecular flexibility index (Phi) is 4.78. The summed E-state index contributed by atoms with van der Waals surface area (Å²) in [6.07, 6.45) is 1.09. The first-order valence-corrected chi connectivity index (χ1v) is 9.58. The monoisotopic (exact) mass is 400 g/mol. The van der Waals surface area contributed by atoms with Gasteiger partial charge in [0.25, 0.3) is 0 Å². The average Bonchev–Trinajstić information content (AvgIpc) is 3.16. The first-order chi connectivity index (χ1) is 13.9. The number of ether oxygens (including phenoxy) is 4. The Balaban J connectivity index is 1.75. The van der Waals surface area contributed by atoms with Crippen molar-refractivity contribution in [2.75, 3.05) is 41.7 Å². The Hall–Kier alpha value is -2.93. The fraction of sp³-hybridized carbons (Fsp3) is 0.409. The minimum atomic E-state index is -0.141. The Labute approximate surface area is 170 Å². The molecule has 154 valence electrons. The highest BCUT2D eigenvalue weighted by atomic mass is 16.7. The number of aromatic hydroxyl groups is 1. The smallest absolute Gasteiger partial charge is 0.231 e. The number of carbonyl (C=O) groups excluding carboxylic acids is 1. The standard InChI is InChI=1S/C22H25NO6/c1-23(2)8-7-13-9-19-21(29-12-28-19)22(27-4)20(13)16(23)11-18(25)15-6-5-14(26-3)10-17(15)24/h5-6,9-10,16H,7-8,11-12H2,1-4H3/p+1/t16-/m1/s1. The molecule has 0 fully saturated rings. The number of fused-ring (bicyclic) bond motifs is 2. The van der Waals surface area contributed by atoms with E-state index in [1.165, 1.54) is 13.2 Å². The van der Waals surface area contributed by atoms with Crippen LogP contribution in [0.15, 0.2) is 24.3 Å². The number of phenols is 1. The van der Waals surface area contributed by atoms with Crippen LogP contribution < -0.4 is 18.9 Å². The second-order valence-corrected chi connectivity index (χ2v) is 7.99. The maximum absolute atomic E-state index is 13.2. The number of quaternary nitrogens is 1. The lowest BCUT2D eigenvalue weighted by Crippen LogP contribution is -2.48. The number of benzene rings is 2. The van der Waals surface area contributed by atoms with Crippen LogP contribution in [0.5, 0.6) is 28.7 Å². The van der Waals surface area contributed by atoms with Gasteiger partial charge in [0.15, 0.2) is 17.3 Å². The summed E-state index contributed by atoms with van der Waals surface area (Å²) in [6.45, 7) is 1.04. The molecule has 0 unspecified atom stereocenters. The summed E-state index contributed by atoms with van der Waals surface area (Å²) in [7, 11) is 7.35. The van der Waals surface area contributed by atoms with E-state index in [-0.39, 0.29) is 36.4 Å². The Morgan fingerprint density at radius 2 is 2.00 bits per heavy atom. The number of ketones is 1. The molecular weight excluding hydrogens is 374 g/mol. The third-order valence-electron chi connectivity index (χ3n) is 5.97. The molecule has 2 aromatic rings. The van der Waals surface area contributed by atoms with Crippen LogP contribution >= 0.6 is 0 Å². The van der Waals surface area contributed by atoms with Crippen LogP contribution in [0.1, 0.15) is 33.9 Å². The normalized spacial score (nSPS) is 18.8. The number of phenolic OH excluding ortho intramolecular Hbond substituents is 1. The Morgan fingerprint density at radius 3 is 2.69 bits per heavy atom. The maximum Gasteiger partial charge on any atom is 0.231 e. The molecule has 0 saturated carbocycles. The molecule has 0 amide bonds. The quantitative estimate of drug-likeness (QED) is 0.614. The van der Waals surface area contributed by atoms with E-state index in [9.17, 15) is 9.90 Å². The van der Waals surface area contributed by atoms with Gasteiger partial charge in [-0.25, -0.2) is 0 Å². The fourth-order valence-electron chi connectivity index (χ4n) is 4.28. The van der Waals surface area contributed by atoms with E-state index < -0.39 is 0 Å². The number of methoxy groups -OCH3 is 2. The van der Waals surface area contributed by atoms with Crippen LogP contribution in [0.2, 0.25) is 0 Å². The first-order valence-electron chi connectivity index (χ1n) is 9.58. The summed E-state index contributed by atoms with van der Waals surface area (Å²) in [6, 6.07) is 6.61. The third kappa shape index (κ3) is 3.25. The van der Waals surface area contributed by atoms with Crippen molar-refractivity contribution < 1.29 is 33.3 Å². The maximum atomic E-state index is 13.2. The second kappa shape index (κ2) is 7.15. The summed E-state index contributed by atoms with van der Waals surface area (Å²) in [5.74, 6) is 2.22. The SMILES string of the molecule is COc1ccc(C(=O)C[C@@H]2c3c(cc4c(c3OC)OCO4)CC[N+]2(C)C)c(O)c1. The fourth-order valence-corrected chi connectivity index (χ4v) is 4.28. The van der Waals surface area contributed by atoms with Crippen molar-refractivity contribution in [3.8, 4) is 28.7 Å². The molecule has 2 heterocycles. The molecule has 4 rings (SSSR count). The van der Waals surface area contributed by atoms with E-state index in [1.807, 2.05) is 6.07 Å². The zero-order valence-electron chi connectivity index (χ0n) is 17.2. The predicted octanol–water partition coefficient (Wildman–Crippen LogP) is 3.08. The Bertz CT molecular complexity index is 968. The molecule has 0 aromatic heterocycles. The van der Waals surface area contributed by atoms with Gasteiger partial charge in [0.2, 0.25) is 12.5 Å². The van der Waals surface area contributed by atoms with E-state index in [0.717, 1.165) is 24.1 Å². The molecule has 0 spiro atoms. The number of hydrogen-bond acceptors (Lipinski definition) is 6. The number of Topliss-reactive ketones (excluding diaryl/α,β-unsaturated/α-hetero) is 1. The van der Waals surface area contributed by atoms with E-state index in [4.69, 9.17) is 18.9 Å². The topological polar surface area (TPSA) is 74.2 Å². The molecule has 0 saturated heterocycles. The van der Waals surface area contributed by atoms with Gasteiger partial charge in [-0.2, -0.15) is 0 Å². The molecule has 7 heteroatoms. The van der Waals surface area contributed by atoms with Crippen molar-refractivity contribution in [2.45, 2.75) is 18.9 Å². The second-order valence-electron chi connectivity index (χ2n) is 7.99. The number of nitrogens with zero attached hydrogens (tertiary/aromatic N) is 1. The van der Waals surface area contributed by atoms with Crippen molar-refractivity contribution in [3.63, 3.8) is 0 Å². The summed E-state index contributed by atoms with van der Waals surface area (Å²) >= 11 is 0.